The molecule has 1 aromatic heterocycles. The molecule has 10 heavy (non-hydrogen) atoms. The first-order chi connectivity index (χ1) is 4.88. The van der Waals surface area contributed by atoms with Crippen molar-refractivity contribution in [3.05, 3.63) is 17.7 Å². The molecule has 1 aromatic rings. The van der Waals surface area contributed by atoms with Gasteiger partial charge in [-0.25, -0.2) is 4.98 Å². The van der Waals surface area contributed by atoms with Crippen LogP contribution in [0.2, 0.25) is 0 Å². The summed E-state index contributed by atoms with van der Waals surface area (Å²) in [6.07, 6.45) is 3.00. The van der Waals surface area contributed by atoms with Crippen LogP contribution >= 0.6 is 0 Å². The van der Waals surface area contributed by atoms with E-state index in [4.69, 9.17) is 0 Å². The van der Waals surface area contributed by atoms with Gasteiger partial charge in [0.1, 0.15) is 0 Å². The number of nitrogens with zero attached hydrogens (tertiary/aromatic N) is 2. The molecule has 0 saturated carbocycles. The van der Waals surface area contributed by atoms with Crippen LogP contribution in [0.5, 0.6) is 0 Å². The van der Waals surface area contributed by atoms with Crippen LogP contribution in [0.1, 0.15) is 11.4 Å². The minimum Gasteiger partial charge on any atom is -0.337 e. The average Bonchev–Trinajstić information content (AvgIpc) is 2.34. The fraction of sp³-hybridized carbons (Fsp3) is 0.571. The molecule has 0 aliphatic carbocycles. The summed E-state index contributed by atoms with van der Waals surface area (Å²) in [7, 11) is 2.05. The number of nitrogens with one attached hydrogen (secondary N) is 1. The van der Waals surface area contributed by atoms with Gasteiger partial charge in [0.25, 0.3) is 0 Å². The Labute approximate surface area is 60.1 Å². The van der Waals surface area contributed by atoms with E-state index in [2.05, 4.69) is 21.9 Å². The van der Waals surface area contributed by atoms with E-state index >= 15 is 0 Å². The summed E-state index contributed by atoms with van der Waals surface area (Å²) in [6.45, 7) is 2.03. The van der Waals surface area contributed by atoms with Crippen molar-refractivity contribution in [3.8, 4) is 0 Å². The van der Waals surface area contributed by atoms with Gasteiger partial charge >= 0.3 is 0 Å². The van der Waals surface area contributed by atoms with Crippen LogP contribution in [-0.4, -0.2) is 16.1 Å². The van der Waals surface area contributed by atoms with Crippen molar-refractivity contribution in [2.24, 2.45) is 7.05 Å². The van der Waals surface area contributed by atoms with Gasteiger partial charge in [0, 0.05) is 32.3 Å². The highest BCUT2D eigenvalue weighted by atomic mass is 15.1. The zero-order valence-corrected chi connectivity index (χ0v) is 6.09. The molecule has 1 N–H and O–H groups in total. The molecule has 0 atom stereocenters. The van der Waals surface area contributed by atoms with Crippen molar-refractivity contribution < 1.29 is 0 Å². The minimum absolute atomic E-state index is 0.941. The molecule has 54 valence electrons. The maximum Gasteiger partial charge on any atom is 0.0949 e. The molecule has 3 heteroatoms. The van der Waals surface area contributed by atoms with Crippen LogP contribution < -0.4 is 5.32 Å². The minimum atomic E-state index is 0.941. The number of imidazole rings is 1. The van der Waals surface area contributed by atoms with E-state index in [9.17, 15) is 0 Å². The Morgan fingerprint density at radius 3 is 3.40 bits per heavy atom. The van der Waals surface area contributed by atoms with E-state index in [1.165, 1.54) is 11.4 Å². The number of aryl methyl sites for hydroxylation is 1. The predicted octanol–water partition coefficient (Wildman–Crippen LogP) is 0.0658. The van der Waals surface area contributed by atoms with Gasteiger partial charge in [0.15, 0.2) is 0 Å². The molecular weight excluding hydrogens is 126 g/mol. The van der Waals surface area contributed by atoms with E-state index < -0.39 is 0 Å². The number of rotatable bonds is 0. The SMILES string of the molecule is Cn1cnc2c1CCNC2. The first-order valence-corrected chi connectivity index (χ1v) is 3.58. The van der Waals surface area contributed by atoms with Crippen molar-refractivity contribution in [1.82, 2.24) is 14.9 Å². The summed E-state index contributed by atoms with van der Waals surface area (Å²) >= 11 is 0. The first-order valence-electron chi connectivity index (χ1n) is 3.58. The summed E-state index contributed by atoms with van der Waals surface area (Å²) in [4.78, 5) is 4.26. The Morgan fingerprint density at radius 1 is 1.70 bits per heavy atom. The third-order valence-electron chi connectivity index (χ3n) is 1.98. The second-order valence-electron chi connectivity index (χ2n) is 2.68. The molecule has 0 radical (unpaired) electrons. The van der Waals surface area contributed by atoms with Gasteiger partial charge in [-0.3, -0.25) is 0 Å². The Hall–Kier alpha value is -0.830. The molecular formula is C7H11N3. The predicted molar refractivity (Wildman–Crippen MR) is 38.6 cm³/mol. The molecule has 3 nitrogen and oxygen atoms in total. The van der Waals surface area contributed by atoms with Crippen molar-refractivity contribution in [1.29, 1.82) is 0 Å². The van der Waals surface area contributed by atoms with Gasteiger partial charge in [-0.05, 0) is 0 Å². The molecule has 1 aliphatic rings. The van der Waals surface area contributed by atoms with Crippen molar-refractivity contribution in [3.63, 3.8) is 0 Å². The zero-order chi connectivity index (χ0) is 6.97. The lowest BCUT2D eigenvalue weighted by Crippen LogP contribution is -2.24. The van der Waals surface area contributed by atoms with Crippen molar-refractivity contribution in [2.75, 3.05) is 6.54 Å². The van der Waals surface area contributed by atoms with Crippen molar-refractivity contribution in [2.45, 2.75) is 13.0 Å². The lowest BCUT2D eigenvalue weighted by molar-refractivity contribution is 0.612. The fourth-order valence-corrected chi connectivity index (χ4v) is 1.39. The van der Waals surface area contributed by atoms with Crippen LogP contribution in [0.15, 0.2) is 6.33 Å². The zero-order valence-electron chi connectivity index (χ0n) is 6.09. The van der Waals surface area contributed by atoms with E-state index in [-0.39, 0.29) is 0 Å². The van der Waals surface area contributed by atoms with Crippen LogP contribution in [0, 0.1) is 0 Å². The standard InChI is InChI=1S/C7H11N3/c1-10-5-9-6-4-8-3-2-7(6)10/h5,8H,2-4H2,1H3. The van der Waals surface area contributed by atoms with Crippen LogP contribution in [0.3, 0.4) is 0 Å². The van der Waals surface area contributed by atoms with Crippen LogP contribution in [-0.2, 0) is 20.0 Å². The fourth-order valence-electron chi connectivity index (χ4n) is 1.39. The maximum atomic E-state index is 4.26. The summed E-state index contributed by atoms with van der Waals surface area (Å²) < 4.78 is 2.11. The highest BCUT2D eigenvalue weighted by molar-refractivity contribution is 5.15. The van der Waals surface area contributed by atoms with Gasteiger partial charge in [0.2, 0.25) is 0 Å². The summed E-state index contributed by atoms with van der Waals surface area (Å²) in [5.41, 5.74) is 2.60. The lowest BCUT2D eigenvalue weighted by Gasteiger charge is -2.12. The Bertz CT molecular complexity index is 239. The lowest BCUT2D eigenvalue weighted by atomic mass is 10.2. The first kappa shape index (κ1) is 5.92. The molecule has 0 amide bonds. The molecule has 0 fully saturated rings. The van der Waals surface area contributed by atoms with Gasteiger partial charge in [-0.2, -0.15) is 0 Å². The highest BCUT2D eigenvalue weighted by Gasteiger charge is 2.11. The Kier molecular flexibility index (Phi) is 1.24. The summed E-state index contributed by atoms with van der Waals surface area (Å²) in [5.74, 6) is 0. The molecule has 0 bridgehead atoms. The highest BCUT2D eigenvalue weighted by Crippen LogP contribution is 2.09. The smallest absolute Gasteiger partial charge is 0.0949 e. The quantitative estimate of drug-likeness (QED) is 0.548. The Balaban J connectivity index is 2.45. The maximum absolute atomic E-state index is 4.26. The van der Waals surface area contributed by atoms with Gasteiger partial charge in [-0.1, -0.05) is 0 Å². The van der Waals surface area contributed by atoms with E-state index in [1.807, 2.05) is 6.33 Å². The van der Waals surface area contributed by atoms with Gasteiger partial charge in [0.05, 0.1) is 12.0 Å². The number of fused-ring (bicyclic) bond motifs is 1. The van der Waals surface area contributed by atoms with Crippen LogP contribution in [0.4, 0.5) is 0 Å². The molecule has 0 spiro atoms. The molecule has 0 saturated heterocycles. The molecule has 2 rings (SSSR count). The molecule has 2 heterocycles. The second kappa shape index (κ2) is 2.09. The van der Waals surface area contributed by atoms with E-state index in [0.29, 0.717) is 0 Å². The normalized spacial score (nSPS) is 16.9. The van der Waals surface area contributed by atoms with E-state index in [0.717, 1.165) is 19.5 Å². The monoisotopic (exact) mass is 137 g/mol. The number of aromatic nitrogens is 2. The third kappa shape index (κ3) is 0.743. The van der Waals surface area contributed by atoms with Gasteiger partial charge < -0.3 is 9.88 Å². The number of hydrogen-bond acceptors (Lipinski definition) is 2. The largest absolute Gasteiger partial charge is 0.337 e. The summed E-state index contributed by atoms with van der Waals surface area (Å²) in [6, 6.07) is 0. The average molecular weight is 137 g/mol. The van der Waals surface area contributed by atoms with E-state index in [1.54, 1.807) is 0 Å². The molecule has 0 unspecified atom stereocenters. The third-order valence-corrected chi connectivity index (χ3v) is 1.98. The van der Waals surface area contributed by atoms with Crippen molar-refractivity contribution >= 4 is 0 Å². The number of hydrogen-bond donors (Lipinski definition) is 1. The summed E-state index contributed by atoms with van der Waals surface area (Å²) in [5, 5.41) is 3.28. The van der Waals surface area contributed by atoms with Gasteiger partial charge in [-0.15, -0.1) is 0 Å². The van der Waals surface area contributed by atoms with Crippen LogP contribution in [0.25, 0.3) is 0 Å². The second-order valence-corrected chi connectivity index (χ2v) is 2.68. The molecule has 1 aliphatic heterocycles. The Morgan fingerprint density at radius 2 is 2.60 bits per heavy atom. The topological polar surface area (TPSA) is 29.9 Å². The molecule has 0 aromatic carbocycles.